The van der Waals surface area contributed by atoms with Crippen molar-refractivity contribution in [3.63, 3.8) is 0 Å². The average Bonchev–Trinajstić information content (AvgIpc) is 3.15. The monoisotopic (exact) mass is 296 g/mol. The maximum absolute atomic E-state index is 11.8. The lowest BCUT2D eigenvalue weighted by Gasteiger charge is -2.16. The Labute approximate surface area is 124 Å². The summed E-state index contributed by atoms with van der Waals surface area (Å²) >= 11 is 6.18. The second-order valence-corrected chi connectivity index (χ2v) is 5.90. The highest BCUT2D eigenvalue weighted by Crippen LogP contribution is 2.27. The largest absolute Gasteiger partial charge is 0.479 e. The Hall–Kier alpha value is -1.26. The minimum absolute atomic E-state index is 0.0843. The fourth-order valence-corrected chi connectivity index (χ4v) is 2.18. The van der Waals surface area contributed by atoms with Crippen LogP contribution in [0.3, 0.4) is 0 Å². The Morgan fingerprint density at radius 1 is 1.50 bits per heavy atom. The fraction of sp³-hybridized carbons (Fsp3) is 0.533. The molecule has 0 bridgehead atoms. The van der Waals surface area contributed by atoms with Gasteiger partial charge < -0.3 is 15.8 Å². The van der Waals surface area contributed by atoms with Gasteiger partial charge in [-0.15, -0.1) is 0 Å². The summed E-state index contributed by atoms with van der Waals surface area (Å²) in [5.41, 5.74) is 6.82. The summed E-state index contributed by atoms with van der Waals surface area (Å²) in [7, 11) is 0. The predicted octanol–water partition coefficient (Wildman–Crippen LogP) is 2.28. The van der Waals surface area contributed by atoms with E-state index >= 15 is 0 Å². The standard InChI is InChI=1S/C15H21ClN2O2/c1-9(17)7-11-3-6-14(13(16)8-11)20-10(2)15(19)18-12-4-5-12/h3,6,8-10,12H,4-5,7,17H2,1-2H3,(H,18,19). The van der Waals surface area contributed by atoms with Crippen molar-refractivity contribution < 1.29 is 9.53 Å². The van der Waals surface area contributed by atoms with Crippen LogP contribution in [0.5, 0.6) is 5.75 Å². The Morgan fingerprint density at radius 2 is 2.20 bits per heavy atom. The van der Waals surface area contributed by atoms with Crippen LogP contribution in [0.2, 0.25) is 5.02 Å². The van der Waals surface area contributed by atoms with E-state index in [1.165, 1.54) is 0 Å². The number of amides is 1. The van der Waals surface area contributed by atoms with Gasteiger partial charge in [0.1, 0.15) is 5.75 Å². The van der Waals surface area contributed by atoms with Crippen LogP contribution in [0.15, 0.2) is 18.2 Å². The van der Waals surface area contributed by atoms with E-state index in [4.69, 9.17) is 22.1 Å². The quantitative estimate of drug-likeness (QED) is 0.846. The van der Waals surface area contributed by atoms with Crippen LogP contribution in [-0.2, 0) is 11.2 Å². The fourth-order valence-electron chi connectivity index (χ4n) is 1.93. The number of carbonyl (C=O) groups is 1. The molecule has 1 aromatic carbocycles. The molecular weight excluding hydrogens is 276 g/mol. The molecule has 1 aliphatic carbocycles. The molecule has 20 heavy (non-hydrogen) atoms. The zero-order valence-electron chi connectivity index (χ0n) is 11.9. The minimum atomic E-state index is -0.549. The van der Waals surface area contributed by atoms with Crippen molar-refractivity contribution in [1.29, 1.82) is 0 Å². The number of nitrogens with one attached hydrogen (secondary N) is 1. The van der Waals surface area contributed by atoms with Gasteiger partial charge in [-0.25, -0.2) is 0 Å². The van der Waals surface area contributed by atoms with Crippen LogP contribution in [0.25, 0.3) is 0 Å². The van der Waals surface area contributed by atoms with Crippen molar-refractivity contribution in [2.45, 2.75) is 51.3 Å². The van der Waals surface area contributed by atoms with Gasteiger partial charge in [-0.05, 0) is 50.8 Å². The molecule has 1 aromatic rings. The number of rotatable bonds is 6. The Balaban J connectivity index is 1.95. The summed E-state index contributed by atoms with van der Waals surface area (Å²) in [4.78, 5) is 11.8. The molecule has 2 unspecified atom stereocenters. The molecular formula is C15H21ClN2O2. The van der Waals surface area contributed by atoms with E-state index in [1.54, 1.807) is 13.0 Å². The Morgan fingerprint density at radius 3 is 2.75 bits per heavy atom. The van der Waals surface area contributed by atoms with Crippen LogP contribution >= 0.6 is 11.6 Å². The maximum Gasteiger partial charge on any atom is 0.260 e. The molecule has 110 valence electrons. The van der Waals surface area contributed by atoms with Crippen LogP contribution in [-0.4, -0.2) is 24.1 Å². The lowest BCUT2D eigenvalue weighted by molar-refractivity contribution is -0.127. The number of nitrogens with two attached hydrogens (primary N) is 1. The molecule has 4 nitrogen and oxygen atoms in total. The highest BCUT2D eigenvalue weighted by Gasteiger charge is 2.26. The van der Waals surface area contributed by atoms with E-state index in [9.17, 15) is 4.79 Å². The van der Waals surface area contributed by atoms with Gasteiger partial charge in [0.05, 0.1) is 5.02 Å². The smallest absolute Gasteiger partial charge is 0.260 e. The average molecular weight is 297 g/mol. The molecule has 5 heteroatoms. The van der Waals surface area contributed by atoms with E-state index in [0.29, 0.717) is 16.8 Å². The van der Waals surface area contributed by atoms with Crippen molar-refractivity contribution >= 4 is 17.5 Å². The number of halogens is 1. The third kappa shape index (κ3) is 4.39. The topological polar surface area (TPSA) is 64.3 Å². The second kappa shape index (κ2) is 6.46. The van der Waals surface area contributed by atoms with Gasteiger partial charge in [0.15, 0.2) is 6.10 Å². The van der Waals surface area contributed by atoms with Crippen molar-refractivity contribution in [2.24, 2.45) is 5.73 Å². The van der Waals surface area contributed by atoms with Crippen LogP contribution in [0.4, 0.5) is 0 Å². The van der Waals surface area contributed by atoms with E-state index in [-0.39, 0.29) is 11.9 Å². The summed E-state index contributed by atoms with van der Waals surface area (Å²) in [6.45, 7) is 3.67. The molecule has 3 N–H and O–H groups in total. The van der Waals surface area contributed by atoms with E-state index in [0.717, 1.165) is 24.8 Å². The lowest BCUT2D eigenvalue weighted by Crippen LogP contribution is -2.37. The van der Waals surface area contributed by atoms with Gasteiger partial charge in [-0.2, -0.15) is 0 Å². The molecule has 1 amide bonds. The van der Waals surface area contributed by atoms with Crippen molar-refractivity contribution in [3.8, 4) is 5.75 Å². The SMILES string of the molecule is CC(N)Cc1ccc(OC(C)C(=O)NC2CC2)c(Cl)c1. The first-order chi connectivity index (χ1) is 9.45. The van der Waals surface area contributed by atoms with E-state index in [1.807, 2.05) is 19.1 Å². The van der Waals surface area contributed by atoms with Crippen molar-refractivity contribution in [3.05, 3.63) is 28.8 Å². The molecule has 0 radical (unpaired) electrons. The molecule has 1 aliphatic rings. The predicted molar refractivity (Wildman–Crippen MR) is 80.1 cm³/mol. The zero-order chi connectivity index (χ0) is 14.7. The van der Waals surface area contributed by atoms with Gasteiger partial charge in [-0.1, -0.05) is 17.7 Å². The molecule has 0 aromatic heterocycles. The highest BCUT2D eigenvalue weighted by atomic mass is 35.5. The molecule has 0 aliphatic heterocycles. The number of hydrogen-bond donors (Lipinski definition) is 2. The lowest BCUT2D eigenvalue weighted by atomic mass is 10.1. The number of benzene rings is 1. The third-order valence-corrected chi connectivity index (χ3v) is 3.45. The van der Waals surface area contributed by atoms with Crippen LogP contribution in [0, 0.1) is 0 Å². The summed E-state index contributed by atoms with van der Waals surface area (Å²) < 4.78 is 5.62. The third-order valence-electron chi connectivity index (χ3n) is 3.15. The summed E-state index contributed by atoms with van der Waals surface area (Å²) in [6.07, 6.45) is 2.33. The summed E-state index contributed by atoms with van der Waals surface area (Å²) in [5.74, 6) is 0.432. The normalized spacial score (nSPS) is 17.4. The molecule has 1 fully saturated rings. The van der Waals surface area contributed by atoms with Crippen LogP contribution < -0.4 is 15.8 Å². The van der Waals surface area contributed by atoms with Crippen molar-refractivity contribution in [1.82, 2.24) is 5.32 Å². The summed E-state index contributed by atoms with van der Waals surface area (Å²) in [5, 5.41) is 3.42. The van der Waals surface area contributed by atoms with Gasteiger partial charge >= 0.3 is 0 Å². The first-order valence-electron chi connectivity index (χ1n) is 6.96. The zero-order valence-corrected chi connectivity index (χ0v) is 12.6. The number of carbonyl (C=O) groups excluding carboxylic acids is 1. The molecule has 0 spiro atoms. The first kappa shape index (κ1) is 15.1. The maximum atomic E-state index is 11.8. The minimum Gasteiger partial charge on any atom is -0.479 e. The van der Waals surface area contributed by atoms with Crippen LogP contribution in [0.1, 0.15) is 32.3 Å². The molecule has 2 atom stereocenters. The van der Waals surface area contributed by atoms with Gasteiger partial charge in [0.25, 0.3) is 5.91 Å². The van der Waals surface area contributed by atoms with E-state index < -0.39 is 6.10 Å². The second-order valence-electron chi connectivity index (χ2n) is 5.49. The molecule has 0 heterocycles. The van der Waals surface area contributed by atoms with Gasteiger partial charge in [0, 0.05) is 12.1 Å². The van der Waals surface area contributed by atoms with E-state index in [2.05, 4.69) is 5.32 Å². The van der Waals surface area contributed by atoms with Crippen molar-refractivity contribution in [2.75, 3.05) is 0 Å². The summed E-state index contributed by atoms with van der Waals surface area (Å²) in [6, 6.07) is 5.97. The van der Waals surface area contributed by atoms with Gasteiger partial charge in [0.2, 0.25) is 0 Å². The molecule has 0 saturated heterocycles. The first-order valence-corrected chi connectivity index (χ1v) is 7.34. The molecule has 1 saturated carbocycles. The van der Waals surface area contributed by atoms with Gasteiger partial charge in [-0.3, -0.25) is 4.79 Å². The molecule has 2 rings (SSSR count). The number of hydrogen-bond acceptors (Lipinski definition) is 3. The highest BCUT2D eigenvalue weighted by molar-refractivity contribution is 6.32. The Bertz CT molecular complexity index is 487. The number of ether oxygens (including phenoxy) is 1. The Kier molecular flexibility index (Phi) is 4.89.